The molecule has 34 heavy (non-hydrogen) atoms. The number of piperidine rings is 1. The van der Waals surface area contributed by atoms with E-state index in [1.165, 1.54) is 23.5 Å². The molecule has 7 nitrogen and oxygen atoms in total. The Morgan fingerprint density at radius 3 is 2.68 bits per heavy atom. The van der Waals surface area contributed by atoms with Crippen LogP contribution >= 0.6 is 11.8 Å². The molecule has 8 heteroatoms. The monoisotopic (exact) mass is 473 g/mol. The van der Waals surface area contributed by atoms with Crippen LogP contribution in [-0.2, 0) is 11.2 Å². The first-order chi connectivity index (χ1) is 16.6. The van der Waals surface area contributed by atoms with Crippen molar-refractivity contribution in [2.75, 3.05) is 18.8 Å². The highest BCUT2D eigenvalue weighted by atomic mass is 32.2. The van der Waals surface area contributed by atoms with Gasteiger partial charge >= 0.3 is 0 Å². The number of hydrogen-bond donors (Lipinski definition) is 1. The summed E-state index contributed by atoms with van der Waals surface area (Å²) in [6, 6.07) is 18.4. The molecule has 4 aromatic rings. The van der Waals surface area contributed by atoms with Crippen molar-refractivity contribution < 1.29 is 4.79 Å². The fraction of sp³-hybridized carbons (Fsp3) is 0.308. The second-order valence-electron chi connectivity index (χ2n) is 8.81. The van der Waals surface area contributed by atoms with Gasteiger partial charge in [0.05, 0.1) is 17.6 Å². The third kappa shape index (κ3) is 4.92. The van der Waals surface area contributed by atoms with Gasteiger partial charge in [0.15, 0.2) is 10.8 Å². The molecule has 1 aliphatic heterocycles. The van der Waals surface area contributed by atoms with Gasteiger partial charge < -0.3 is 9.88 Å². The maximum absolute atomic E-state index is 12.8. The molecule has 1 fully saturated rings. The van der Waals surface area contributed by atoms with Crippen molar-refractivity contribution in [3.8, 4) is 5.69 Å². The fourth-order valence-electron chi connectivity index (χ4n) is 4.47. The van der Waals surface area contributed by atoms with Crippen molar-refractivity contribution in [3.63, 3.8) is 0 Å². The number of aryl methyl sites for hydroxylation is 1. The lowest BCUT2D eigenvalue weighted by Gasteiger charge is -2.32. The largest absolute Gasteiger partial charge is 0.342 e. The van der Waals surface area contributed by atoms with Crippen LogP contribution in [0.2, 0.25) is 0 Å². The molecule has 0 atom stereocenters. The number of carbonyl (C=O) groups excluding carboxylic acids is 1. The molecular weight excluding hydrogens is 446 g/mol. The van der Waals surface area contributed by atoms with Crippen LogP contribution in [0.4, 0.5) is 0 Å². The molecule has 0 bridgehead atoms. The highest BCUT2D eigenvalue weighted by Crippen LogP contribution is 2.23. The Balaban J connectivity index is 1.22. The van der Waals surface area contributed by atoms with Gasteiger partial charge in [0.1, 0.15) is 5.39 Å². The molecule has 2 aromatic carbocycles. The number of fused-ring (bicyclic) bond motifs is 1. The van der Waals surface area contributed by atoms with Crippen LogP contribution in [0.15, 0.2) is 70.7 Å². The van der Waals surface area contributed by atoms with Crippen molar-refractivity contribution in [2.45, 2.75) is 31.3 Å². The van der Waals surface area contributed by atoms with Crippen LogP contribution < -0.4 is 5.56 Å². The van der Waals surface area contributed by atoms with E-state index in [4.69, 9.17) is 0 Å². The van der Waals surface area contributed by atoms with E-state index in [2.05, 4.69) is 39.3 Å². The summed E-state index contributed by atoms with van der Waals surface area (Å²) in [6.45, 7) is 3.56. The number of carbonyl (C=O) groups is 1. The fourth-order valence-corrected chi connectivity index (χ4v) is 5.23. The summed E-state index contributed by atoms with van der Waals surface area (Å²) in [4.78, 5) is 34.8. The molecule has 2 aromatic heterocycles. The first-order valence-corrected chi connectivity index (χ1v) is 12.5. The van der Waals surface area contributed by atoms with Gasteiger partial charge in [-0.05, 0) is 55.4 Å². The Morgan fingerprint density at radius 2 is 1.91 bits per heavy atom. The molecule has 1 saturated heterocycles. The topological polar surface area (TPSA) is 83.9 Å². The van der Waals surface area contributed by atoms with E-state index in [0.29, 0.717) is 22.1 Å². The summed E-state index contributed by atoms with van der Waals surface area (Å²) >= 11 is 1.27. The molecule has 0 saturated carbocycles. The number of aromatic amines is 1. The van der Waals surface area contributed by atoms with Gasteiger partial charge in [-0.3, -0.25) is 9.59 Å². The van der Waals surface area contributed by atoms with Gasteiger partial charge in [-0.15, -0.1) is 0 Å². The molecule has 174 valence electrons. The highest BCUT2D eigenvalue weighted by Gasteiger charge is 2.23. The summed E-state index contributed by atoms with van der Waals surface area (Å²) in [5, 5.41) is 5.22. The first kappa shape index (κ1) is 22.4. The van der Waals surface area contributed by atoms with E-state index in [1.807, 2.05) is 42.2 Å². The molecule has 5 rings (SSSR count). The number of likely N-dealkylation sites (tertiary alicyclic amines) is 1. The predicted octanol–water partition coefficient (Wildman–Crippen LogP) is 3.99. The summed E-state index contributed by atoms with van der Waals surface area (Å²) in [5.41, 5.74) is 3.54. The summed E-state index contributed by atoms with van der Waals surface area (Å²) < 4.78 is 1.67. The quantitative estimate of drug-likeness (QED) is 0.338. The van der Waals surface area contributed by atoms with Crippen LogP contribution in [0.3, 0.4) is 0 Å². The van der Waals surface area contributed by atoms with Gasteiger partial charge in [-0.2, -0.15) is 5.10 Å². The Bertz CT molecular complexity index is 1360. The third-order valence-corrected chi connectivity index (χ3v) is 7.19. The lowest BCUT2D eigenvalue weighted by molar-refractivity contribution is -0.129. The van der Waals surface area contributed by atoms with Gasteiger partial charge in [0.25, 0.3) is 5.56 Å². The van der Waals surface area contributed by atoms with E-state index >= 15 is 0 Å². The summed E-state index contributed by atoms with van der Waals surface area (Å²) in [5.74, 6) is 0.940. The van der Waals surface area contributed by atoms with E-state index in [0.717, 1.165) is 43.6 Å². The van der Waals surface area contributed by atoms with Gasteiger partial charge in [0, 0.05) is 13.1 Å². The number of hydrogen-bond acceptors (Lipinski definition) is 5. The lowest BCUT2D eigenvalue weighted by Crippen LogP contribution is -2.39. The minimum absolute atomic E-state index is 0.0816. The Morgan fingerprint density at radius 1 is 1.12 bits per heavy atom. The average Bonchev–Trinajstić information content (AvgIpc) is 3.28. The number of nitrogens with one attached hydrogen (secondary N) is 1. The van der Waals surface area contributed by atoms with Gasteiger partial charge in [-0.25, -0.2) is 9.67 Å². The molecule has 1 N–H and O–H groups in total. The van der Waals surface area contributed by atoms with Crippen molar-refractivity contribution >= 4 is 28.7 Å². The third-order valence-electron chi connectivity index (χ3n) is 6.33. The van der Waals surface area contributed by atoms with E-state index in [9.17, 15) is 9.59 Å². The van der Waals surface area contributed by atoms with Crippen LogP contribution in [0.5, 0.6) is 0 Å². The second kappa shape index (κ2) is 9.85. The van der Waals surface area contributed by atoms with Crippen LogP contribution in [-0.4, -0.2) is 49.4 Å². The zero-order valence-corrected chi connectivity index (χ0v) is 19.9. The Kier molecular flexibility index (Phi) is 6.49. The maximum atomic E-state index is 12.8. The molecule has 0 unspecified atom stereocenters. The van der Waals surface area contributed by atoms with Crippen LogP contribution in [0, 0.1) is 12.8 Å². The molecule has 0 aliphatic carbocycles. The van der Waals surface area contributed by atoms with E-state index in [-0.39, 0.29) is 17.2 Å². The number of H-pyrrole nitrogens is 1. The highest BCUT2D eigenvalue weighted by molar-refractivity contribution is 7.99. The van der Waals surface area contributed by atoms with Crippen molar-refractivity contribution in [1.82, 2.24) is 24.6 Å². The van der Waals surface area contributed by atoms with Crippen molar-refractivity contribution in [1.29, 1.82) is 0 Å². The maximum Gasteiger partial charge on any atom is 0.262 e. The SMILES string of the molecule is Cc1cccc(-n2ncc3c(=O)[nH]c(SCC(=O)N4CCC(Cc5ccccc5)CC4)nc32)c1. The zero-order chi connectivity index (χ0) is 23.5. The number of nitrogens with zero attached hydrogens (tertiary/aromatic N) is 4. The summed E-state index contributed by atoms with van der Waals surface area (Å²) in [6.07, 6.45) is 4.63. The number of amides is 1. The molecule has 1 aliphatic rings. The van der Waals surface area contributed by atoms with E-state index < -0.39 is 0 Å². The molecular formula is C26H27N5O2S. The molecule has 0 radical (unpaired) electrons. The van der Waals surface area contributed by atoms with Gasteiger partial charge in [-0.1, -0.05) is 54.2 Å². The number of benzene rings is 2. The minimum Gasteiger partial charge on any atom is -0.342 e. The second-order valence-corrected chi connectivity index (χ2v) is 9.77. The molecule has 1 amide bonds. The number of thioether (sulfide) groups is 1. The number of rotatable bonds is 6. The molecule has 3 heterocycles. The van der Waals surface area contributed by atoms with Crippen LogP contribution in [0.1, 0.15) is 24.0 Å². The molecule has 0 spiro atoms. The Hall–Kier alpha value is -3.39. The number of aromatic nitrogens is 4. The Labute approximate surface area is 202 Å². The average molecular weight is 474 g/mol. The van der Waals surface area contributed by atoms with E-state index in [1.54, 1.807) is 4.68 Å². The summed E-state index contributed by atoms with van der Waals surface area (Å²) in [7, 11) is 0. The normalized spacial score (nSPS) is 14.6. The van der Waals surface area contributed by atoms with Crippen LogP contribution in [0.25, 0.3) is 16.7 Å². The predicted molar refractivity (Wildman–Crippen MR) is 134 cm³/mol. The standard InChI is InChI=1S/C26H27N5O2S/c1-18-6-5-9-21(14-18)31-24-22(16-27-31)25(33)29-26(28-24)34-17-23(32)30-12-10-20(11-13-30)15-19-7-3-2-4-8-19/h2-9,14,16,20H,10-13,15,17H2,1H3,(H,28,29,33). The van der Waals surface area contributed by atoms with Gasteiger partial charge in [0.2, 0.25) is 5.91 Å². The smallest absolute Gasteiger partial charge is 0.262 e. The zero-order valence-electron chi connectivity index (χ0n) is 19.1. The first-order valence-electron chi connectivity index (χ1n) is 11.6. The lowest BCUT2D eigenvalue weighted by atomic mass is 9.90. The van der Waals surface area contributed by atoms with Crippen molar-refractivity contribution in [3.05, 3.63) is 82.3 Å². The minimum atomic E-state index is -0.249. The van der Waals surface area contributed by atoms with Crippen molar-refractivity contribution in [2.24, 2.45) is 5.92 Å².